The molecule has 0 spiro atoms. The topological polar surface area (TPSA) is 46.2 Å². The standard InChI is InChI=1S/C19H30N4O/c20-17-4-3-16-5-8-23(19(16)13-17)10-9-22-11-12-24-18(15-22)14-21-6-1-2-7-21/h3-4,13,18H,1-2,5-12,14-15,20H2/p+1. The van der Waals surface area contributed by atoms with Crippen LogP contribution in [0, 0.1) is 0 Å². The highest BCUT2D eigenvalue weighted by Crippen LogP contribution is 2.29. The van der Waals surface area contributed by atoms with Gasteiger partial charge in [-0.15, -0.1) is 0 Å². The maximum Gasteiger partial charge on any atom is 0.119 e. The number of hydrogen-bond donors (Lipinski definition) is 2. The van der Waals surface area contributed by atoms with Gasteiger partial charge >= 0.3 is 0 Å². The number of anilines is 2. The van der Waals surface area contributed by atoms with E-state index in [-0.39, 0.29) is 0 Å². The van der Waals surface area contributed by atoms with E-state index >= 15 is 0 Å². The monoisotopic (exact) mass is 331 g/mol. The smallest absolute Gasteiger partial charge is 0.119 e. The maximum absolute atomic E-state index is 6.02. The third-order valence-corrected chi connectivity index (χ3v) is 5.84. The number of nitrogens with zero attached hydrogens (tertiary/aromatic N) is 2. The van der Waals surface area contributed by atoms with Gasteiger partial charge < -0.3 is 20.3 Å². The predicted octanol–water partition coefficient (Wildman–Crippen LogP) is 0.0108. The fourth-order valence-electron chi connectivity index (χ4n) is 4.47. The molecular formula is C19H31N4O+. The molecule has 2 fully saturated rings. The van der Waals surface area contributed by atoms with Crippen molar-refractivity contribution in [2.24, 2.45) is 0 Å². The lowest BCUT2D eigenvalue weighted by atomic mass is 10.1. The van der Waals surface area contributed by atoms with Gasteiger partial charge in [0, 0.05) is 56.9 Å². The number of ether oxygens (including phenoxy) is 1. The van der Waals surface area contributed by atoms with Gasteiger partial charge in [-0.05, 0) is 24.1 Å². The Labute approximate surface area is 145 Å². The van der Waals surface area contributed by atoms with Crippen LogP contribution in [0.5, 0.6) is 0 Å². The molecule has 3 N–H and O–H groups in total. The van der Waals surface area contributed by atoms with Crippen molar-refractivity contribution in [3.63, 3.8) is 0 Å². The first-order valence-electron chi connectivity index (χ1n) is 9.59. The highest BCUT2D eigenvalue weighted by atomic mass is 16.5. The van der Waals surface area contributed by atoms with E-state index in [9.17, 15) is 0 Å². The third kappa shape index (κ3) is 3.68. The molecule has 0 aliphatic carbocycles. The minimum atomic E-state index is 0.424. The Bertz CT molecular complexity index is 558. The molecule has 0 bridgehead atoms. The average Bonchev–Trinajstić information content (AvgIpc) is 3.23. The summed E-state index contributed by atoms with van der Waals surface area (Å²) in [4.78, 5) is 6.83. The zero-order valence-corrected chi connectivity index (χ0v) is 14.7. The van der Waals surface area contributed by atoms with Crippen LogP contribution in [0.4, 0.5) is 11.4 Å². The molecule has 4 rings (SSSR count). The number of likely N-dealkylation sites (tertiary alicyclic amines) is 1. The van der Waals surface area contributed by atoms with Gasteiger partial charge in [0.2, 0.25) is 0 Å². The van der Waals surface area contributed by atoms with Crippen LogP contribution in [0.25, 0.3) is 0 Å². The molecule has 1 aromatic carbocycles. The molecule has 1 unspecified atom stereocenters. The molecule has 2 saturated heterocycles. The molecule has 3 heterocycles. The van der Waals surface area contributed by atoms with E-state index in [1.54, 1.807) is 4.90 Å². The number of hydrogen-bond acceptors (Lipinski definition) is 4. The van der Waals surface area contributed by atoms with Crippen molar-refractivity contribution in [1.82, 2.24) is 4.90 Å². The Morgan fingerprint density at radius 2 is 2.04 bits per heavy atom. The lowest BCUT2D eigenvalue weighted by Crippen LogP contribution is -3.11. The van der Waals surface area contributed by atoms with Crippen LogP contribution in [0.2, 0.25) is 0 Å². The van der Waals surface area contributed by atoms with Gasteiger partial charge in [0.1, 0.15) is 12.6 Å². The quantitative estimate of drug-likeness (QED) is 0.747. The largest absolute Gasteiger partial charge is 0.399 e. The maximum atomic E-state index is 6.02. The van der Waals surface area contributed by atoms with Gasteiger partial charge in [0.05, 0.1) is 19.7 Å². The van der Waals surface area contributed by atoms with E-state index in [4.69, 9.17) is 10.5 Å². The number of rotatable bonds is 5. The molecule has 5 nitrogen and oxygen atoms in total. The van der Waals surface area contributed by atoms with Gasteiger partial charge in [-0.25, -0.2) is 0 Å². The number of nitrogens with one attached hydrogen (secondary N) is 1. The van der Waals surface area contributed by atoms with Crippen molar-refractivity contribution < 1.29 is 9.64 Å². The second-order valence-corrected chi connectivity index (χ2v) is 7.58. The molecule has 24 heavy (non-hydrogen) atoms. The molecule has 5 heteroatoms. The van der Waals surface area contributed by atoms with Gasteiger partial charge in [-0.3, -0.25) is 4.90 Å². The van der Waals surface area contributed by atoms with Crippen LogP contribution in [0.15, 0.2) is 18.2 Å². The zero-order chi connectivity index (χ0) is 16.4. The number of nitrogens with two attached hydrogens (primary N) is 1. The zero-order valence-electron chi connectivity index (χ0n) is 14.7. The average molecular weight is 331 g/mol. The fourth-order valence-corrected chi connectivity index (χ4v) is 4.47. The van der Waals surface area contributed by atoms with Crippen LogP contribution in [0.1, 0.15) is 18.4 Å². The Hall–Kier alpha value is -1.30. The summed E-state index contributed by atoms with van der Waals surface area (Å²) in [7, 11) is 0. The molecule has 0 aromatic heterocycles. The number of morpholine rings is 1. The van der Waals surface area contributed by atoms with Gasteiger partial charge in [0.15, 0.2) is 0 Å². The van der Waals surface area contributed by atoms with Crippen LogP contribution < -0.4 is 15.5 Å². The lowest BCUT2D eigenvalue weighted by Gasteiger charge is -2.34. The minimum absolute atomic E-state index is 0.424. The Balaban J connectivity index is 1.28. The van der Waals surface area contributed by atoms with Crippen LogP contribution >= 0.6 is 0 Å². The van der Waals surface area contributed by atoms with E-state index in [2.05, 4.69) is 21.9 Å². The highest BCUT2D eigenvalue weighted by Gasteiger charge is 2.27. The summed E-state index contributed by atoms with van der Waals surface area (Å²) in [6, 6.07) is 6.35. The van der Waals surface area contributed by atoms with Crippen molar-refractivity contribution in [3.05, 3.63) is 23.8 Å². The van der Waals surface area contributed by atoms with Crippen LogP contribution in [-0.4, -0.2) is 70.0 Å². The first kappa shape index (κ1) is 16.2. The fraction of sp³-hybridized carbons (Fsp3) is 0.684. The normalized spacial score (nSPS) is 25.3. The van der Waals surface area contributed by atoms with E-state index in [0.717, 1.165) is 51.4 Å². The second-order valence-electron chi connectivity index (χ2n) is 7.58. The van der Waals surface area contributed by atoms with Gasteiger partial charge in [0.25, 0.3) is 0 Å². The number of nitrogen functional groups attached to an aromatic ring is 1. The van der Waals surface area contributed by atoms with Crippen molar-refractivity contribution >= 4 is 11.4 Å². The first-order chi connectivity index (χ1) is 11.8. The molecule has 132 valence electrons. The summed E-state index contributed by atoms with van der Waals surface area (Å²) in [5.74, 6) is 0. The summed E-state index contributed by atoms with van der Waals surface area (Å²) >= 11 is 0. The summed E-state index contributed by atoms with van der Waals surface area (Å²) in [5, 5.41) is 0. The number of benzene rings is 1. The molecule has 1 aromatic rings. The number of quaternary nitrogens is 1. The van der Waals surface area contributed by atoms with E-state index < -0.39 is 0 Å². The third-order valence-electron chi connectivity index (χ3n) is 5.84. The lowest BCUT2D eigenvalue weighted by molar-refractivity contribution is -0.890. The Morgan fingerprint density at radius 3 is 2.92 bits per heavy atom. The van der Waals surface area contributed by atoms with Crippen molar-refractivity contribution in [3.8, 4) is 0 Å². The van der Waals surface area contributed by atoms with Crippen molar-refractivity contribution in [2.75, 3.05) is 69.6 Å². The summed E-state index contributed by atoms with van der Waals surface area (Å²) in [6.07, 6.45) is 4.36. The first-order valence-corrected chi connectivity index (χ1v) is 9.59. The summed E-state index contributed by atoms with van der Waals surface area (Å²) < 4.78 is 6.02. The molecule has 0 saturated carbocycles. The van der Waals surface area contributed by atoms with E-state index in [1.807, 2.05) is 6.07 Å². The van der Waals surface area contributed by atoms with Crippen LogP contribution in [-0.2, 0) is 11.2 Å². The molecule has 1 atom stereocenters. The van der Waals surface area contributed by atoms with Gasteiger partial charge in [-0.2, -0.15) is 0 Å². The van der Waals surface area contributed by atoms with Crippen molar-refractivity contribution in [1.29, 1.82) is 0 Å². The van der Waals surface area contributed by atoms with Gasteiger partial charge in [-0.1, -0.05) is 6.07 Å². The van der Waals surface area contributed by atoms with Crippen molar-refractivity contribution in [2.45, 2.75) is 25.4 Å². The minimum Gasteiger partial charge on any atom is -0.399 e. The second kappa shape index (κ2) is 7.30. The number of fused-ring (bicyclic) bond motifs is 1. The van der Waals surface area contributed by atoms with Crippen LogP contribution in [0.3, 0.4) is 0 Å². The molecule has 3 aliphatic rings. The highest BCUT2D eigenvalue weighted by molar-refractivity contribution is 5.64. The summed E-state index contributed by atoms with van der Waals surface area (Å²) in [5.41, 5.74) is 9.64. The predicted molar refractivity (Wildman–Crippen MR) is 97.7 cm³/mol. The molecule has 0 amide bonds. The van der Waals surface area contributed by atoms with E-state index in [0.29, 0.717) is 6.10 Å². The Morgan fingerprint density at radius 1 is 1.17 bits per heavy atom. The molecule has 3 aliphatic heterocycles. The summed E-state index contributed by atoms with van der Waals surface area (Å²) in [6.45, 7) is 10.3. The SMILES string of the molecule is Nc1ccc2c(c1)N(CCN1CCOC(C[NH+]3CCCC3)C1)CC2. The molecule has 0 radical (unpaired) electrons. The Kier molecular flexibility index (Phi) is 4.92. The molecular weight excluding hydrogens is 300 g/mol. The van der Waals surface area contributed by atoms with E-state index in [1.165, 1.54) is 43.7 Å².